The number of aromatic nitrogens is 2. The van der Waals surface area contributed by atoms with Crippen LogP contribution in [0.4, 0.5) is 10.6 Å². The molecule has 3 heterocycles. The topological polar surface area (TPSA) is 69.6 Å². The minimum atomic E-state index is -0.374. The van der Waals surface area contributed by atoms with Gasteiger partial charge in [0.2, 0.25) is 0 Å². The molecule has 128 valence electrons. The molecule has 1 atom stereocenters. The molecular formula is C17H23N5O2. The van der Waals surface area contributed by atoms with E-state index in [2.05, 4.69) is 9.88 Å². The highest BCUT2D eigenvalue weighted by Gasteiger charge is 2.47. The van der Waals surface area contributed by atoms with Crippen molar-refractivity contribution in [3.63, 3.8) is 0 Å². The monoisotopic (exact) mass is 329 g/mol. The van der Waals surface area contributed by atoms with Crippen molar-refractivity contribution in [3.8, 4) is 0 Å². The van der Waals surface area contributed by atoms with E-state index >= 15 is 0 Å². The molecule has 2 saturated heterocycles. The average Bonchev–Trinajstić information content (AvgIpc) is 2.84. The van der Waals surface area contributed by atoms with E-state index in [1.54, 1.807) is 4.90 Å². The van der Waals surface area contributed by atoms with Gasteiger partial charge >= 0.3 is 6.03 Å². The van der Waals surface area contributed by atoms with E-state index < -0.39 is 0 Å². The summed E-state index contributed by atoms with van der Waals surface area (Å²) in [5.74, 6) is 1.69. The molecular weight excluding hydrogens is 306 g/mol. The third kappa shape index (κ3) is 2.25. The van der Waals surface area contributed by atoms with Gasteiger partial charge in [-0.2, -0.15) is 0 Å². The maximum Gasteiger partial charge on any atom is 0.327 e. The van der Waals surface area contributed by atoms with Crippen molar-refractivity contribution < 1.29 is 9.59 Å². The molecule has 0 bridgehead atoms. The number of urea groups is 1. The number of hydrogen-bond acceptors (Lipinski definition) is 5. The Balaban J connectivity index is 1.65. The first-order valence-corrected chi connectivity index (χ1v) is 8.83. The lowest BCUT2D eigenvalue weighted by Gasteiger charge is -2.37. The fraction of sp³-hybridized carbons (Fsp3) is 0.647. The number of amides is 3. The molecule has 4 rings (SSSR count). The second-order valence-electron chi connectivity index (χ2n) is 6.75. The molecule has 2 fully saturated rings. The molecule has 7 nitrogen and oxygen atoms in total. The normalized spacial score (nSPS) is 23.6. The van der Waals surface area contributed by atoms with Gasteiger partial charge in [-0.25, -0.2) is 14.8 Å². The van der Waals surface area contributed by atoms with Crippen LogP contribution in [0, 0.1) is 6.92 Å². The molecule has 2 aliphatic heterocycles. The number of anilines is 1. The Kier molecular flexibility index (Phi) is 3.66. The first-order valence-electron chi connectivity index (χ1n) is 8.83. The summed E-state index contributed by atoms with van der Waals surface area (Å²) < 4.78 is 0. The summed E-state index contributed by atoms with van der Waals surface area (Å²) in [6.45, 7) is 6.03. The van der Waals surface area contributed by atoms with Gasteiger partial charge in [0, 0.05) is 37.4 Å². The first-order chi connectivity index (χ1) is 11.6. The van der Waals surface area contributed by atoms with Crippen LogP contribution in [0.2, 0.25) is 0 Å². The van der Waals surface area contributed by atoms with Crippen molar-refractivity contribution in [3.05, 3.63) is 17.1 Å². The van der Waals surface area contributed by atoms with Gasteiger partial charge < -0.3 is 9.80 Å². The van der Waals surface area contributed by atoms with Crippen molar-refractivity contribution in [2.75, 3.05) is 31.1 Å². The van der Waals surface area contributed by atoms with E-state index in [-0.39, 0.29) is 18.0 Å². The van der Waals surface area contributed by atoms with Crippen molar-refractivity contribution in [2.24, 2.45) is 0 Å². The van der Waals surface area contributed by atoms with E-state index in [0.29, 0.717) is 19.6 Å². The van der Waals surface area contributed by atoms with E-state index in [9.17, 15) is 9.59 Å². The minimum absolute atomic E-state index is 0.0770. The Morgan fingerprint density at radius 2 is 1.92 bits per heavy atom. The zero-order valence-corrected chi connectivity index (χ0v) is 14.3. The van der Waals surface area contributed by atoms with Gasteiger partial charge in [0.15, 0.2) is 0 Å². The lowest BCUT2D eigenvalue weighted by Crippen LogP contribution is -2.53. The predicted octanol–water partition coefficient (Wildman–Crippen LogP) is 1.14. The van der Waals surface area contributed by atoms with Gasteiger partial charge in [0.25, 0.3) is 5.91 Å². The molecule has 1 aromatic heterocycles. The zero-order chi connectivity index (χ0) is 16.8. The molecule has 0 spiro atoms. The number of likely N-dealkylation sites (N-methyl/N-ethyl adjacent to an activating group) is 1. The Bertz CT molecular complexity index is 704. The van der Waals surface area contributed by atoms with Crippen LogP contribution in [0.5, 0.6) is 0 Å². The number of aryl methyl sites for hydroxylation is 2. The average molecular weight is 329 g/mol. The molecule has 1 unspecified atom stereocenters. The summed E-state index contributed by atoms with van der Waals surface area (Å²) in [5, 5.41) is 0. The Labute approximate surface area is 141 Å². The van der Waals surface area contributed by atoms with E-state index in [1.807, 2.05) is 13.8 Å². The highest BCUT2D eigenvalue weighted by molar-refractivity contribution is 6.04. The summed E-state index contributed by atoms with van der Waals surface area (Å²) in [4.78, 5) is 39.4. The summed E-state index contributed by atoms with van der Waals surface area (Å²) >= 11 is 0. The number of nitrogens with zero attached hydrogens (tertiary/aromatic N) is 5. The quantitative estimate of drug-likeness (QED) is 0.761. The van der Waals surface area contributed by atoms with E-state index in [0.717, 1.165) is 43.1 Å². The predicted molar refractivity (Wildman–Crippen MR) is 88.9 cm³/mol. The SMILES string of the molecule is CCN1C(=O)C2CN(c3nc(C)nc4c3CCCC4)CCN2C1=O. The second-order valence-corrected chi connectivity index (χ2v) is 6.75. The molecule has 0 aromatic carbocycles. The Morgan fingerprint density at radius 3 is 2.71 bits per heavy atom. The number of imide groups is 1. The van der Waals surface area contributed by atoms with Crippen molar-refractivity contribution in [2.45, 2.75) is 45.6 Å². The number of fused-ring (bicyclic) bond motifs is 2. The lowest BCUT2D eigenvalue weighted by atomic mass is 9.95. The molecule has 0 radical (unpaired) electrons. The molecule has 3 amide bonds. The fourth-order valence-electron chi connectivity index (χ4n) is 4.09. The van der Waals surface area contributed by atoms with Crippen LogP contribution >= 0.6 is 0 Å². The van der Waals surface area contributed by atoms with Gasteiger partial charge in [0.1, 0.15) is 17.7 Å². The van der Waals surface area contributed by atoms with Crippen molar-refractivity contribution in [1.82, 2.24) is 19.8 Å². The van der Waals surface area contributed by atoms with Gasteiger partial charge in [-0.15, -0.1) is 0 Å². The molecule has 0 saturated carbocycles. The Hall–Kier alpha value is -2.18. The third-order valence-corrected chi connectivity index (χ3v) is 5.30. The molecule has 1 aliphatic carbocycles. The van der Waals surface area contributed by atoms with Gasteiger partial charge in [-0.1, -0.05) is 0 Å². The minimum Gasteiger partial charge on any atom is -0.352 e. The number of carbonyl (C=O) groups is 2. The lowest BCUT2D eigenvalue weighted by molar-refractivity contribution is -0.128. The number of hydrogen-bond donors (Lipinski definition) is 0. The van der Waals surface area contributed by atoms with E-state index in [1.165, 1.54) is 16.9 Å². The number of carbonyl (C=O) groups excluding carboxylic acids is 2. The van der Waals surface area contributed by atoms with E-state index in [4.69, 9.17) is 4.98 Å². The third-order valence-electron chi connectivity index (χ3n) is 5.30. The first kappa shape index (κ1) is 15.4. The summed E-state index contributed by atoms with van der Waals surface area (Å²) in [6, 6.07) is -0.520. The zero-order valence-electron chi connectivity index (χ0n) is 14.3. The van der Waals surface area contributed by atoms with Crippen LogP contribution in [0.1, 0.15) is 36.8 Å². The molecule has 1 aromatic rings. The highest BCUT2D eigenvalue weighted by Crippen LogP contribution is 2.31. The smallest absolute Gasteiger partial charge is 0.327 e. The second kappa shape index (κ2) is 5.72. The largest absolute Gasteiger partial charge is 0.352 e. The molecule has 7 heteroatoms. The van der Waals surface area contributed by atoms with Crippen LogP contribution in [0.25, 0.3) is 0 Å². The number of rotatable bonds is 2. The highest BCUT2D eigenvalue weighted by atomic mass is 16.2. The van der Waals surface area contributed by atoms with Gasteiger partial charge in [-0.05, 0) is 39.5 Å². The maximum absolute atomic E-state index is 12.5. The van der Waals surface area contributed by atoms with Crippen LogP contribution in [-0.4, -0.2) is 63.9 Å². The molecule has 0 N–H and O–H groups in total. The summed E-state index contributed by atoms with van der Waals surface area (Å²) in [5.41, 5.74) is 2.40. The van der Waals surface area contributed by atoms with Crippen molar-refractivity contribution in [1.29, 1.82) is 0 Å². The maximum atomic E-state index is 12.5. The van der Waals surface area contributed by atoms with Gasteiger partial charge in [0.05, 0.1) is 0 Å². The van der Waals surface area contributed by atoms with Crippen LogP contribution in [0.3, 0.4) is 0 Å². The van der Waals surface area contributed by atoms with Crippen LogP contribution in [0.15, 0.2) is 0 Å². The van der Waals surface area contributed by atoms with Crippen LogP contribution < -0.4 is 4.90 Å². The Morgan fingerprint density at radius 1 is 1.12 bits per heavy atom. The fourth-order valence-corrected chi connectivity index (χ4v) is 4.09. The van der Waals surface area contributed by atoms with Crippen molar-refractivity contribution >= 4 is 17.8 Å². The summed E-state index contributed by atoms with van der Waals surface area (Å²) in [6.07, 6.45) is 4.36. The number of piperazine rings is 1. The summed E-state index contributed by atoms with van der Waals surface area (Å²) in [7, 11) is 0. The van der Waals surface area contributed by atoms with Crippen LogP contribution in [-0.2, 0) is 17.6 Å². The van der Waals surface area contributed by atoms with Gasteiger partial charge in [-0.3, -0.25) is 9.69 Å². The molecule has 24 heavy (non-hydrogen) atoms. The standard InChI is InChI=1S/C17H23N5O2/c1-3-21-16(23)14-10-20(8-9-22(14)17(21)24)15-12-6-4-5-7-13(12)18-11(2)19-15/h14H,3-10H2,1-2H3. The molecule has 3 aliphatic rings.